The summed E-state index contributed by atoms with van der Waals surface area (Å²) in [7, 11) is 0. The summed E-state index contributed by atoms with van der Waals surface area (Å²) in [5, 5.41) is 5.63. The molecule has 17 heavy (non-hydrogen) atoms. The molecular weight excluding hydrogens is 395 g/mol. The van der Waals surface area contributed by atoms with Crippen LogP contribution in [0.2, 0.25) is 0 Å². The van der Waals surface area contributed by atoms with Crippen LogP contribution >= 0.6 is 38.5 Å². The van der Waals surface area contributed by atoms with E-state index in [1.165, 1.54) is 16.4 Å². The van der Waals surface area contributed by atoms with Crippen molar-refractivity contribution in [2.24, 2.45) is 0 Å². The number of aromatic nitrogens is 2. The number of benzene rings is 1. The van der Waals surface area contributed by atoms with Crippen molar-refractivity contribution in [1.82, 2.24) is 9.78 Å². The predicted molar refractivity (Wildman–Crippen MR) is 79.0 cm³/mol. The summed E-state index contributed by atoms with van der Waals surface area (Å²) in [6, 6.07) is 4.27. The van der Waals surface area contributed by atoms with Crippen LogP contribution in [0.4, 0.5) is 0 Å². The van der Waals surface area contributed by atoms with Crippen LogP contribution in [-0.2, 0) is 4.74 Å². The highest BCUT2D eigenvalue weighted by Gasteiger charge is 2.18. The van der Waals surface area contributed by atoms with Crippen molar-refractivity contribution in [1.29, 1.82) is 0 Å². The predicted octanol–water partition coefficient (Wildman–Crippen LogP) is 4.10. The number of halogens is 2. The van der Waals surface area contributed by atoms with Crippen LogP contribution in [0.15, 0.2) is 22.8 Å². The van der Waals surface area contributed by atoms with Gasteiger partial charge in [-0.05, 0) is 69.9 Å². The SMILES string of the molecule is Brc1cc2cnn(C3CCCCO3)c2cc1I. The fourth-order valence-corrected chi connectivity index (χ4v) is 3.00. The molecule has 0 N–H and O–H groups in total. The van der Waals surface area contributed by atoms with E-state index in [-0.39, 0.29) is 6.23 Å². The molecule has 1 atom stereocenters. The van der Waals surface area contributed by atoms with Gasteiger partial charge in [0.05, 0.1) is 11.7 Å². The normalized spacial score (nSPS) is 20.9. The largest absolute Gasteiger partial charge is 0.356 e. The average molecular weight is 407 g/mol. The molecule has 1 aliphatic heterocycles. The zero-order valence-electron chi connectivity index (χ0n) is 9.20. The molecule has 1 aliphatic rings. The van der Waals surface area contributed by atoms with Crippen LogP contribution in [0.25, 0.3) is 10.9 Å². The van der Waals surface area contributed by atoms with Crippen molar-refractivity contribution >= 4 is 49.4 Å². The van der Waals surface area contributed by atoms with E-state index in [4.69, 9.17) is 4.74 Å². The summed E-state index contributed by atoms with van der Waals surface area (Å²) in [5.41, 5.74) is 1.16. The summed E-state index contributed by atoms with van der Waals surface area (Å²) in [4.78, 5) is 0. The van der Waals surface area contributed by atoms with E-state index >= 15 is 0 Å². The lowest BCUT2D eigenvalue weighted by molar-refractivity contribution is -0.0366. The van der Waals surface area contributed by atoms with Gasteiger partial charge in [-0.2, -0.15) is 5.10 Å². The Morgan fingerprint density at radius 2 is 2.29 bits per heavy atom. The first-order chi connectivity index (χ1) is 8.25. The van der Waals surface area contributed by atoms with Crippen LogP contribution in [0, 0.1) is 3.57 Å². The number of hydrogen-bond donors (Lipinski definition) is 0. The van der Waals surface area contributed by atoms with Gasteiger partial charge in [0, 0.05) is 20.0 Å². The zero-order chi connectivity index (χ0) is 11.8. The van der Waals surface area contributed by atoms with Crippen LogP contribution in [-0.4, -0.2) is 16.4 Å². The second-order valence-electron chi connectivity index (χ2n) is 4.24. The quantitative estimate of drug-likeness (QED) is 0.666. The van der Waals surface area contributed by atoms with E-state index in [9.17, 15) is 0 Å². The summed E-state index contributed by atoms with van der Waals surface area (Å²) in [6.07, 6.45) is 5.47. The standard InChI is InChI=1S/C12H12BrIN2O/c13-9-5-8-7-15-16(11(8)6-10(9)14)12-3-1-2-4-17-12/h5-7,12H,1-4H2. The smallest absolute Gasteiger partial charge is 0.150 e. The van der Waals surface area contributed by atoms with Gasteiger partial charge in [0.15, 0.2) is 6.23 Å². The number of fused-ring (bicyclic) bond motifs is 1. The molecule has 2 aromatic rings. The molecule has 5 heteroatoms. The van der Waals surface area contributed by atoms with Gasteiger partial charge in [-0.1, -0.05) is 0 Å². The lowest BCUT2D eigenvalue weighted by atomic mass is 10.2. The summed E-state index contributed by atoms with van der Waals surface area (Å²) in [6.45, 7) is 0.847. The molecule has 0 radical (unpaired) electrons. The summed E-state index contributed by atoms with van der Waals surface area (Å²) >= 11 is 5.87. The lowest BCUT2D eigenvalue weighted by Gasteiger charge is -2.23. The molecule has 0 amide bonds. The molecule has 1 saturated heterocycles. The van der Waals surface area contributed by atoms with Gasteiger partial charge < -0.3 is 4.74 Å². The monoisotopic (exact) mass is 406 g/mol. The molecule has 0 spiro atoms. The molecule has 1 aromatic heterocycles. The van der Waals surface area contributed by atoms with E-state index < -0.39 is 0 Å². The number of rotatable bonds is 1. The zero-order valence-corrected chi connectivity index (χ0v) is 12.9. The Balaban J connectivity index is 2.07. The highest BCUT2D eigenvalue weighted by atomic mass is 127. The van der Waals surface area contributed by atoms with Gasteiger partial charge in [-0.25, -0.2) is 4.68 Å². The van der Waals surface area contributed by atoms with Crippen molar-refractivity contribution in [2.75, 3.05) is 6.61 Å². The third-order valence-electron chi connectivity index (χ3n) is 3.07. The number of nitrogens with zero attached hydrogens (tertiary/aromatic N) is 2. The van der Waals surface area contributed by atoms with Crippen molar-refractivity contribution in [3.8, 4) is 0 Å². The molecular formula is C12H12BrIN2O. The second-order valence-corrected chi connectivity index (χ2v) is 6.25. The Morgan fingerprint density at radius 3 is 3.06 bits per heavy atom. The Hall–Kier alpha value is -0.140. The van der Waals surface area contributed by atoms with E-state index in [2.05, 4.69) is 55.8 Å². The summed E-state index contributed by atoms with van der Waals surface area (Å²) in [5.74, 6) is 0. The summed E-state index contributed by atoms with van der Waals surface area (Å²) < 4.78 is 10.1. The molecule has 0 bridgehead atoms. The van der Waals surface area contributed by atoms with E-state index in [1.54, 1.807) is 0 Å². The van der Waals surface area contributed by atoms with Gasteiger partial charge >= 0.3 is 0 Å². The third-order valence-corrected chi connectivity index (χ3v) is 5.36. The minimum Gasteiger partial charge on any atom is -0.356 e. The molecule has 1 aromatic carbocycles. The molecule has 3 rings (SSSR count). The Morgan fingerprint density at radius 1 is 1.41 bits per heavy atom. The minimum absolute atomic E-state index is 0.109. The fraction of sp³-hybridized carbons (Fsp3) is 0.417. The number of hydrogen-bond acceptors (Lipinski definition) is 2. The lowest BCUT2D eigenvalue weighted by Crippen LogP contribution is -2.18. The van der Waals surface area contributed by atoms with Gasteiger partial charge in [0.2, 0.25) is 0 Å². The second kappa shape index (κ2) is 4.85. The van der Waals surface area contributed by atoms with Crippen molar-refractivity contribution < 1.29 is 4.74 Å². The first-order valence-corrected chi connectivity index (χ1v) is 7.57. The molecule has 1 unspecified atom stereocenters. The molecule has 90 valence electrons. The van der Waals surface area contributed by atoms with Crippen LogP contribution in [0.3, 0.4) is 0 Å². The first-order valence-electron chi connectivity index (χ1n) is 5.69. The third kappa shape index (κ3) is 2.24. The first kappa shape index (κ1) is 11.9. The van der Waals surface area contributed by atoms with Crippen LogP contribution in [0.1, 0.15) is 25.5 Å². The molecule has 2 heterocycles. The van der Waals surface area contributed by atoms with Crippen molar-refractivity contribution in [3.63, 3.8) is 0 Å². The van der Waals surface area contributed by atoms with Gasteiger partial charge in [0.1, 0.15) is 0 Å². The van der Waals surface area contributed by atoms with Crippen molar-refractivity contribution in [3.05, 3.63) is 26.4 Å². The Labute approximate surface area is 122 Å². The van der Waals surface area contributed by atoms with Gasteiger partial charge in [0.25, 0.3) is 0 Å². The molecule has 0 aliphatic carbocycles. The molecule has 3 nitrogen and oxygen atoms in total. The maximum Gasteiger partial charge on any atom is 0.150 e. The maximum atomic E-state index is 5.79. The minimum atomic E-state index is 0.109. The van der Waals surface area contributed by atoms with E-state index in [0.29, 0.717) is 0 Å². The molecule has 1 fully saturated rings. The van der Waals surface area contributed by atoms with E-state index in [1.807, 2.05) is 10.9 Å². The van der Waals surface area contributed by atoms with Crippen LogP contribution < -0.4 is 0 Å². The highest BCUT2D eigenvalue weighted by Crippen LogP contribution is 2.30. The van der Waals surface area contributed by atoms with Gasteiger partial charge in [-0.15, -0.1) is 0 Å². The van der Waals surface area contributed by atoms with Crippen molar-refractivity contribution in [2.45, 2.75) is 25.5 Å². The molecule has 0 saturated carbocycles. The fourth-order valence-electron chi connectivity index (χ4n) is 2.19. The van der Waals surface area contributed by atoms with Gasteiger partial charge in [-0.3, -0.25) is 0 Å². The Bertz CT molecular complexity index is 549. The van der Waals surface area contributed by atoms with E-state index in [0.717, 1.165) is 28.4 Å². The topological polar surface area (TPSA) is 27.1 Å². The Kier molecular flexibility index (Phi) is 3.40. The maximum absolute atomic E-state index is 5.79. The van der Waals surface area contributed by atoms with Crippen LogP contribution in [0.5, 0.6) is 0 Å². The average Bonchev–Trinajstić information content (AvgIpc) is 2.74. The number of ether oxygens (including phenoxy) is 1. The highest BCUT2D eigenvalue weighted by molar-refractivity contribution is 14.1.